The van der Waals surface area contributed by atoms with Crippen molar-refractivity contribution in [1.29, 1.82) is 0 Å². The van der Waals surface area contributed by atoms with E-state index in [0.717, 1.165) is 48.3 Å². The molecule has 9 heteroatoms. The number of sulfonamides is 1. The van der Waals surface area contributed by atoms with Crippen LogP contribution in [-0.4, -0.2) is 64.0 Å². The largest absolute Gasteiger partial charge is 0.354 e. The molecule has 174 valence electrons. The molecule has 1 aliphatic heterocycles. The molecule has 1 saturated heterocycles. The Hall–Kier alpha value is -3.01. The number of hydrogen-bond acceptors (Lipinski definition) is 6. The van der Waals surface area contributed by atoms with Crippen LogP contribution in [0.4, 0.5) is 5.82 Å². The molecule has 0 aliphatic carbocycles. The number of amides is 1. The van der Waals surface area contributed by atoms with Gasteiger partial charge in [-0.15, -0.1) is 0 Å². The SMILES string of the molecule is CN1CCN(c2ncccc2CNC(=O)CCNS(=O)(=O)c2ccc3ccccc3c2)CC1. The number of nitrogens with zero attached hydrogens (tertiary/aromatic N) is 3. The van der Waals surface area contributed by atoms with E-state index in [1.165, 1.54) is 0 Å². The number of carbonyl (C=O) groups excluding carboxylic acids is 1. The van der Waals surface area contributed by atoms with Crippen molar-refractivity contribution in [3.8, 4) is 0 Å². The molecule has 0 radical (unpaired) electrons. The van der Waals surface area contributed by atoms with Gasteiger partial charge in [0.15, 0.2) is 0 Å². The van der Waals surface area contributed by atoms with Gasteiger partial charge in [0.25, 0.3) is 0 Å². The highest BCUT2D eigenvalue weighted by molar-refractivity contribution is 7.89. The summed E-state index contributed by atoms with van der Waals surface area (Å²) in [4.78, 5) is 21.6. The van der Waals surface area contributed by atoms with Gasteiger partial charge in [-0.1, -0.05) is 36.4 Å². The van der Waals surface area contributed by atoms with Crippen LogP contribution in [-0.2, 0) is 21.4 Å². The number of piperazine rings is 1. The zero-order valence-corrected chi connectivity index (χ0v) is 19.5. The number of aromatic nitrogens is 1. The van der Waals surface area contributed by atoms with Crippen molar-refractivity contribution in [2.45, 2.75) is 17.9 Å². The molecule has 4 rings (SSSR count). The van der Waals surface area contributed by atoms with E-state index in [1.807, 2.05) is 36.4 Å². The minimum atomic E-state index is -3.69. The number of pyridine rings is 1. The molecule has 2 N–H and O–H groups in total. The lowest BCUT2D eigenvalue weighted by Gasteiger charge is -2.34. The molecule has 1 aromatic heterocycles. The molecule has 0 spiro atoms. The number of hydrogen-bond donors (Lipinski definition) is 2. The second kappa shape index (κ2) is 10.3. The fourth-order valence-corrected chi connectivity index (χ4v) is 4.94. The van der Waals surface area contributed by atoms with E-state index in [2.05, 4.69) is 31.9 Å². The van der Waals surface area contributed by atoms with Gasteiger partial charge >= 0.3 is 0 Å². The van der Waals surface area contributed by atoms with Crippen molar-refractivity contribution < 1.29 is 13.2 Å². The van der Waals surface area contributed by atoms with E-state index in [-0.39, 0.29) is 23.8 Å². The molecule has 1 aliphatic rings. The third-order valence-electron chi connectivity index (χ3n) is 5.82. The van der Waals surface area contributed by atoms with Crippen molar-refractivity contribution in [2.24, 2.45) is 0 Å². The first-order chi connectivity index (χ1) is 15.9. The number of fused-ring (bicyclic) bond motifs is 1. The van der Waals surface area contributed by atoms with Gasteiger partial charge in [-0.25, -0.2) is 18.1 Å². The van der Waals surface area contributed by atoms with Gasteiger partial charge in [0.2, 0.25) is 15.9 Å². The molecule has 2 heterocycles. The van der Waals surface area contributed by atoms with Gasteiger partial charge in [-0.3, -0.25) is 4.79 Å². The standard InChI is InChI=1S/C24H29N5O3S/c1-28-13-15-29(16-14-28)24-21(7-4-11-25-24)18-26-23(30)10-12-27-33(31,32)22-9-8-19-5-2-3-6-20(19)17-22/h2-9,11,17,27H,10,12-16,18H2,1H3,(H,26,30). The molecule has 1 fully saturated rings. The third kappa shape index (κ3) is 5.87. The number of rotatable bonds is 8. The molecule has 0 bridgehead atoms. The van der Waals surface area contributed by atoms with Crippen molar-refractivity contribution in [1.82, 2.24) is 19.9 Å². The van der Waals surface area contributed by atoms with Gasteiger partial charge in [-0.05, 0) is 36.0 Å². The number of benzene rings is 2. The molecule has 0 atom stereocenters. The van der Waals surface area contributed by atoms with Crippen LogP contribution in [0.2, 0.25) is 0 Å². The lowest BCUT2D eigenvalue weighted by molar-refractivity contribution is -0.121. The normalized spacial score (nSPS) is 15.0. The van der Waals surface area contributed by atoms with Gasteiger partial charge in [0.05, 0.1) is 4.90 Å². The number of carbonyl (C=O) groups is 1. The summed E-state index contributed by atoms with van der Waals surface area (Å²) in [5, 5.41) is 4.71. The number of likely N-dealkylation sites (N-methyl/N-ethyl adjacent to an activating group) is 1. The van der Waals surface area contributed by atoms with Gasteiger partial charge in [0.1, 0.15) is 5.82 Å². The summed E-state index contributed by atoms with van der Waals surface area (Å²) in [6.07, 6.45) is 1.82. The molecular weight excluding hydrogens is 438 g/mol. The van der Waals surface area contributed by atoms with Crippen LogP contribution >= 0.6 is 0 Å². The molecule has 3 aromatic rings. The first-order valence-electron chi connectivity index (χ1n) is 11.0. The quantitative estimate of drug-likeness (QED) is 0.526. The summed E-state index contributed by atoms with van der Waals surface area (Å²) in [6.45, 7) is 4.11. The zero-order valence-electron chi connectivity index (χ0n) is 18.7. The first-order valence-corrected chi connectivity index (χ1v) is 12.5. The molecular formula is C24H29N5O3S. The molecule has 33 heavy (non-hydrogen) atoms. The Morgan fingerprint density at radius 3 is 2.55 bits per heavy atom. The summed E-state index contributed by atoms with van der Waals surface area (Å²) in [5.41, 5.74) is 0.951. The molecule has 1 amide bonds. The summed E-state index contributed by atoms with van der Waals surface area (Å²) in [7, 11) is -1.59. The molecule has 0 unspecified atom stereocenters. The lowest BCUT2D eigenvalue weighted by Crippen LogP contribution is -2.45. The first kappa shape index (κ1) is 23.2. The van der Waals surface area contributed by atoms with E-state index in [1.54, 1.807) is 24.4 Å². The maximum atomic E-state index is 12.6. The maximum absolute atomic E-state index is 12.6. The highest BCUT2D eigenvalue weighted by atomic mass is 32.2. The average molecular weight is 468 g/mol. The van der Waals surface area contributed by atoms with E-state index >= 15 is 0 Å². The van der Waals surface area contributed by atoms with Gasteiger partial charge < -0.3 is 15.1 Å². The third-order valence-corrected chi connectivity index (χ3v) is 7.28. The van der Waals surface area contributed by atoms with Crippen LogP contribution < -0.4 is 14.9 Å². The van der Waals surface area contributed by atoms with Crippen LogP contribution in [0.25, 0.3) is 10.8 Å². The maximum Gasteiger partial charge on any atom is 0.240 e. The average Bonchev–Trinajstić information content (AvgIpc) is 2.83. The Labute approximate surface area is 194 Å². The summed E-state index contributed by atoms with van der Waals surface area (Å²) in [6, 6.07) is 16.4. The van der Waals surface area contributed by atoms with Crippen molar-refractivity contribution >= 4 is 32.5 Å². The monoisotopic (exact) mass is 467 g/mol. The van der Waals surface area contributed by atoms with Crippen LogP contribution in [0.15, 0.2) is 65.7 Å². The molecule has 0 saturated carbocycles. The van der Waals surface area contributed by atoms with E-state index in [9.17, 15) is 13.2 Å². The van der Waals surface area contributed by atoms with Crippen molar-refractivity contribution in [3.63, 3.8) is 0 Å². The van der Waals surface area contributed by atoms with Gasteiger partial charge in [0, 0.05) is 57.4 Å². The lowest BCUT2D eigenvalue weighted by atomic mass is 10.1. The van der Waals surface area contributed by atoms with Crippen molar-refractivity contribution in [2.75, 3.05) is 44.7 Å². The molecule has 8 nitrogen and oxygen atoms in total. The Balaban J connectivity index is 1.29. The second-order valence-corrected chi connectivity index (χ2v) is 9.98. The second-order valence-electron chi connectivity index (χ2n) is 8.21. The Bertz CT molecular complexity index is 1220. The summed E-state index contributed by atoms with van der Waals surface area (Å²) >= 11 is 0. The van der Waals surface area contributed by atoms with Crippen LogP contribution in [0, 0.1) is 0 Å². The van der Waals surface area contributed by atoms with Gasteiger partial charge in [-0.2, -0.15) is 0 Å². The van der Waals surface area contributed by atoms with E-state index in [4.69, 9.17) is 0 Å². The smallest absolute Gasteiger partial charge is 0.240 e. The summed E-state index contributed by atoms with van der Waals surface area (Å²) in [5.74, 6) is 0.673. The van der Waals surface area contributed by atoms with E-state index < -0.39 is 10.0 Å². The number of nitrogens with one attached hydrogen (secondary N) is 2. The highest BCUT2D eigenvalue weighted by Crippen LogP contribution is 2.20. The highest BCUT2D eigenvalue weighted by Gasteiger charge is 2.18. The Morgan fingerprint density at radius 1 is 1.00 bits per heavy atom. The predicted octanol–water partition coefficient (Wildman–Crippen LogP) is 1.97. The Morgan fingerprint density at radius 2 is 1.76 bits per heavy atom. The van der Waals surface area contributed by atoms with E-state index in [0.29, 0.717) is 6.54 Å². The topological polar surface area (TPSA) is 94.6 Å². The number of anilines is 1. The fraction of sp³-hybridized carbons (Fsp3) is 0.333. The predicted molar refractivity (Wildman–Crippen MR) is 130 cm³/mol. The zero-order chi connectivity index (χ0) is 23.3. The Kier molecular flexibility index (Phi) is 7.22. The van der Waals surface area contributed by atoms with Crippen LogP contribution in [0.3, 0.4) is 0 Å². The minimum absolute atomic E-state index is 0.0271. The minimum Gasteiger partial charge on any atom is -0.354 e. The van der Waals surface area contributed by atoms with Crippen LogP contribution in [0.5, 0.6) is 0 Å². The summed E-state index contributed by atoms with van der Waals surface area (Å²) < 4.78 is 27.8. The molecule has 2 aromatic carbocycles. The van der Waals surface area contributed by atoms with Crippen molar-refractivity contribution in [3.05, 3.63) is 66.4 Å². The van der Waals surface area contributed by atoms with Crippen LogP contribution in [0.1, 0.15) is 12.0 Å². The fourth-order valence-electron chi connectivity index (χ4n) is 3.87.